The number of nitrogens with one attached hydrogen (secondary N) is 1. The second-order valence-corrected chi connectivity index (χ2v) is 8.04. The lowest BCUT2D eigenvalue weighted by Gasteiger charge is -2.11. The van der Waals surface area contributed by atoms with E-state index in [1.807, 2.05) is 62.6 Å². The molecule has 0 aliphatic rings. The van der Waals surface area contributed by atoms with E-state index < -0.39 is 11.9 Å². The number of nitrogens with zero attached hydrogens (tertiary/aromatic N) is 2. The van der Waals surface area contributed by atoms with Crippen molar-refractivity contribution in [2.45, 2.75) is 27.7 Å². The second kappa shape index (κ2) is 9.13. The number of halogens is 1. The molecule has 3 rings (SSSR count). The number of aromatic carboxylic acids is 1. The van der Waals surface area contributed by atoms with Crippen LogP contribution in [0.3, 0.4) is 0 Å². The number of hydrogen-bond donors (Lipinski definition) is 2. The van der Waals surface area contributed by atoms with Gasteiger partial charge in [0.25, 0.3) is 5.91 Å². The molecule has 0 spiro atoms. The Morgan fingerprint density at radius 1 is 1.06 bits per heavy atom. The number of benzene rings is 2. The van der Waals surface area contributed by atoms with Crippen molar-refractivity contribution >= 4 is 35.2 Å². The van der Waals surface area contributed by atoms with Crippen LogP contribution in [-0.4, -0.2) is 21.6 Å². The maximum atomic E-state index is 12.7. The number of amides is 1. The predicted octanol–water partition coefficient (Wildman–Crippen LogP) is 5.61. The summed E-state index contributed by atoms with van der Waals surface area (Å²) < 4.78 is 1.85. The Morgan fingerprint density at radius 3 is 2.31 bits per heavy atom. The molecule has 32 heavy (non-hydrogen) atoms. The van der Waals surface area contributed by atoms with E-state index in [1.54, 1.807) is 6.07 Å². The molecule has 2 N–H and O–H groups in total. The van der Waals surface area contributed by atoms with Crippen LogP contribution in [0, 0.1) is 39.0 Å². The lowest BCUT2D eigenvalue weighted by molar-refractivity contribution is -0.112. The molecule has 0 aliphatic carbocycles. The van der Waals surface area contributed by atoms with Crippen molar-refractivity contribution in [1.82, 2.24) is 4.57 Å². The van der Waals surface area contributed by atoms with E-state index >= 15 is 0 Å². The van der Waals surface area contributed by atoms with Crippen LogP contribution in [0.25, 0.3) is 11.8 Å². The highest BCUT2D eigenvalue weighted by Gasteiger charge is 2.16. The summed E-state index contributed by atoms with van der Waals surface area (Å²) in [6.07, 6.45) is 1.53. The molecule has 0 saturated heterocycles. The van der Waals surface area contributed by atoms with Crippen molar-refractivity contribution in [1.29, 1.82) is 5.26 Å². The van der Waals surface area contributed by atoms with E-state index in [0.717, 1.165) is 22.5 Å². The highest BCUT2D eigenvalue weighted by molar-refractivity contribution is 6.33. The van der Waals surface area contributed by atoms with Gasteiger partial charge in [-0.3, -0.25) is 4.79 Å². The van der Waals surface area contributed by atoms with Gasteiger partial charge in [-0.25, -0.2) is 4.79 Å². The smallest absolute Gasteiger partial charge is 0.337 e. The van der Waals surface area contributed by atoms with Gasteiger partial charge in [0, 0.05) is 22.8 Å². The van der Waals surface area contributed by atoms with Crippen molar-refractivity contribution in [3.05, 3.63) is 86.7 Å². The number of anilines is 1. The van der Waals surface area contributed by atoms with Gasteiger partial charge < -0.3 is 15.0 Å². The number of carboxylic acids is 1. The van der Waals surface area contributed by atoms with Gasteiger partial charge in [-0.1, -0.05) is 17.7 Å². The average Bonchev–Trinajstić information content (AvgIpc) is 2.98. The van der Waals surface area contributed by atoms with Crippen LogP contribution in [0.1, 0.15) is 38.4 Å². The lowest BCUT2D eigenvalue weighted by Crippen LogP contribution is -2.13. The van der Waals surface area contributed by atoms with Gasteiger partial charge in [0.1, 0.15) is 11.6 Å². The van der Waals surface area contributed by atoms with Crippen LogP contribution in [-0.2, 0) is 4.79 Å². The fourth-order valence-electron chi connectivity index (χ4n) is 3.70. The molecule has 1 amide bonds. The largest absolute Gasteiger partial charge is 0.478 e. The van der Waals surface area contributed by atoms with Crippen LogP contribution in [0.4, 0.5) is 5.69 Å². The number of carbonyl (C=O) groups excluding carboxylic acids is 1. The summed E-state index contributed by atoms with van der Waals surface area (Å²) in [7, 11) is 0. The van der Waals surface area contributed by atoms with Crippen LogP contribution in [0.5, 0.6) is 0 Å². The van der Waals surface area contributed by atoms with E-state index in [4.69, 9.17) is 11.6 Å². The Morgan fingerprint density at radius 2 is 1.72 bits per heavy atom. The molecule has 0 bridgehead atoms. The Hall–Kier alpha value is -3.82. The molecule has 0 unspecified atom stereocenters. The molecule has 2 aromatic carbocycles. The number of rotatable bonds is 5. The highest BCUT2D eigenvalue weighted by atomic mass is 35.5. The lowest BCUT2D eigenvalue weighted by atomic mass is 10.1. The zero-order chi connectivity index (χ0) is 23.6. The maximum Gasteiger partial charge on any atom is 0.337 e. The minimum absolute atomic E-state index is 0.000650. The van der Waals surface area contributed by atoms with Gasteiger partial charge in [-0.15, -0.1) is 0 Å². The minimum Gasteiger partial charge on any atom is -0.478 e. The Balaban J connectivity index is 1.98. The summed E-state index contributed by atoms with van der Waals surface area (Å²) in [5.41, 5.74) is 5.49. The van der Waals surface area contributed by atoms with E-state index in [9.17, 15) is 20.0 Å². The van der Waals surface area contributed by atoms with Gasteiger partial charge in [-0.05, 0) is 86.9 Å². The molecule has 1 aromatic heterocycles. The average molecular weight is 448 g/mol. The zero-order valence-corrected chi connectivity index (χ0v) is 18.9. The first kappa shape index (κ1) is 22.9. The van der Waals surface area contributed by atoms with Gasteiger partial charge >= 0.3 is 5.97 Å². The molecular weight excluding hydrogens is 426 g/mol. The summed E-state index contributed by atoms with van der Waals surface area (Å²) in [5, 5.41) is 21.9. The van der Waals surface area contributed by atoms with Crippen molar-refractivity contribution in [3.63, 3.8) is 0 Å². The number of aromatic nitrogens is 1. The number of carboxylic acid groups (broad SMARTS) is 1. The topological polar surface area (TPSA) is 95.1 Å². The van der Waals surface area contributed by atoms with Crippen LogP contribution < -0.4 is 5.32 Å². The van der Waals surface area contributed by atoms with E-state index in [2.05, 4.69) is 5.32 Å². The van der Waals surface area contributed by atoms with Crippen molar-refractivity contribution < 1.29 is 14.7 Å². The summed E-state index contributed by atoms with van der Waals surface area (Å²) >= 11 is 5.99. The van der Waals surface area contributed by atoms with Crippen molar-refractivity contribution in [2.24, 2.45) is 0 Å². The zero-order valence-electron chi connectivity index (χ0n) is 18.2. The number of carbonyl (C=O) groups is 2. The maximum absolute atomic E-state index is 12.7. The number of nitriles is 1. The first-order valence-electron chi connectivity index (χ1n) is 9.84. The third-order valence-electron chi connectivity index (χ3n) is 5.05. The van der Waals surface area contributed by atoms with Crippen molar-refractivity contribution in [2.75, 3.05) is 5.32 Å². The first-order valence-corrected chi connectivity index (χ1v) is 10.2. The van der Waals surface area contributed by atoms with Gasteiger partial charge in [0.2, 0.25) is 0 Å². The molecule has 0 saturated carbocycles. The minimum atomic E-state index is -1.12. The van der Waals surface area contributed by atoms with Crippen LogP contribution in [0.2, 0.25) is 5.02 Å². The van der Waals surface area contributed by atoms with Gasteiger partial charge in [-0.2, -0.15) is 5.26 Å². The normalized spacial score (nSPS) is 11.2. The summed E-state index contributed by atoms with van der Waals surface area (Å²) in [6.45, 7) is 7.57. The van der Waals surface area contributed by atoms with Crippen LogP contribution >= 0.6 is 11.6 Å². The SMILES string of the molecule is Cc1cc(C)cc(NC(=O)/C(C#N)=C\c2cc(C)n(-c3ccc(Cl)c(C(=O)O)c3)c2C)c1. The molecule has 0 fully saturated rings. The quantitative estimate of drug-likeness (QED) is 0.392. The molecule has 6 nitrogen and oxygen atoms in total. The second-order valence-electron chi connectivity index (χ2n) is 7.63. The summed E-state index contributed by atoms with van der Waals surface area (Å²) in [6, 6.07) is 14.2. The molecule has 0 radical (unpaired) electrons. The molecule has 0 aliphatic heterocycles. The third-order valence-corrected chi connectivity index (χ3v) is 5.38. The fourth-order valence-corrected chi connectivity index (χ4v) is 3.90. The molecule has 3 aromatic rings. The van der Waals surface area contributed by atoms with E-state index in [1.165, 1.54) is 18.2 Å². The van der Waals surface area contributed by atoms with Gasteiger partial charge in [0.05, 0.1) is 10.6 Å². The van der Waals surface area contributed by atoms with E-state index in [-0.39, 0.29) is 16.2 Å². The first-order chi connectivity index (χ1) is 15.1. The fraction of sp³-hybridized carbons (Fsp3) is 0.160. The molecule has 0 atom stereocenters. The number of aryl methyl sites for hydroxylation is 3. The Kier molecular flexibility index (Phi) is 6.52. The summed E-state index contributed by atoms with van der Waals surface area (Å²) in [5.74, 6) is -1.61. The van der Waals surface area contributed by atoms with E-state index in [0.29, 0.717) is 16.9 Å². The van der Waals surface area contributed by atoms with Crippen molar-refractivity contribution in [3.8, 4) is 11.8 Å². The predicted molar refractivity (Wildman–Crippen MR) is 125 cm³/mol. The highest BCUT2D eigenvalue weighted by Crippen LogP contribution is 2.26. The number of hydrogen-bond acceptors (Lipinski definition) is 3. The summed E-state index contributed by atoms with van der Waals surface area (Å²) in [4.78, 5) is 24.2. The molecular formula is C25H22ClN3O3. The molecule has 1 heterocycles. The Bertz CT molecular complexity index is 1290. The van der Waals surface area contributed by atoms with Gasteiger partial charge in [0.15, 0.2) is 0 Å². The molecule has 7 heteroatoms. The standard InChI is InChI=1S/C25H22ClN3O3/c1-14-7-15(2)9-20(8-14)28-24(30)19(13-27)11-18-10-16(3)29(17(18)4)21-5-6-23(26)22(12-21)25(31)32/h5-12H,1-4H3,(H,28,30)(H,31,32)/b19-11-. The Labute approximate surface area is 191 Å². The molecule has 162 valence electrons. The van der Waals surface area contributed by atoms with Crippen LogP contribution in [0.15, 0.2) is 48.0 Å². The monoisotopic (exact) mass is 447 g/mol. The third kappa shape index (κ3) is 4.74.